The SMILES string of the molecule is CCCCCCCCCCCCCCCCCCC(=O)O[C@H](COC(=O)CCCCCCCCCCCCCCCCC)COP(=O)(O)OC[C@@H](O)COP(=O)(O)OC[C@@H](COC(=O)CCCCCCCCCCCCCCC)OC(=O)CCCCCCCCCCCCCCCCC. The molecule has 0 heterocycles. The smallest absolute Gasteiger partial charge is 0.462 e. The largest absolute Gasteiger partial charge is 0.472 e. The summed E-state index contributed by atoms with van der Waals surface area (Å²) in [6.07, 6.45) is 66.3. The summed E-state index contributed by atoms with van der Waals surface area (Å²) in [7, 11) is -9.92. The van der Waals surface area contributed by atoms with Crippen molar-refractivity contribution in [2.24, 2.45) is 0 Å². The highest BCUT2D eigenvalue weighted by Gasteiger charge is 2.30. The van der Waals surface area contributed by atoms with E-state index in [1.54, 1.807) is 0 Å². The van der Waals surface area contributed by atoms with Gasteiger partial charge in [0.2, 0.25) is 0 Å². The minimum atomic E-state index is -4.96. The van der Waals surface area contributed by atoms with E-state index < -0.39 is 97.5 Å². The standard InChI is InChI=1S/C80H156O17P2/c1-5-9-13-17-21-25-29-33-36-39-43-47-51-55-59-63-67-80(85)97-76(71-91-78(83)65-61-57-53-49-45-41-37-34-30-26-22-18-14-10-6-2)73-95-99(88,89)93-69-74(81)68-92-98(86,87)94-72-75(70-90-77(82)64-60-56-52-48-44-40-32-28-24-20-16-12-8-4)96-79(84)66-62-58-54-50-46-42-38-35-31-27-23-19-15-11-7-3/h74-76,81H,5-73H2,1-4H3,(H,86,87)(H,88,89)/t74-,75+,76+/m0/s1. The molecule has 2 unspecified atom stereocenters. The lowest BCUT2D eigenvalue weighted by Crippen LogP contribution is -2.30. The molecule has 19 heteroatoms. The molecule has 0 spiro atoms. The number of carbonyl (C=O) groups is 4. The van der Waals surface area contributed by atoms with Gasteiger partial charge in [-0.3, -0.25) is 37.3 Å². The van der Waals surface area contributed by atoms with E-state index in [9.17, 15) is 43.2 Å². The molecule has 0 saturated carbocycles. The zero-order chi connectivity index (χ0) is 72.5. The van der Waals surface area contributed by atoms with Crippen molar-refractivity contribution in [3.63, 3.8) is 0 Å². The van der Waals surface area contributed by atoms with Crippen molar-refractivity contribution in [2.75, 3.05) is 39.6 Å². The Labute approximate surface area is 607 Å². The van der Waals surface area contributed by atoms with Crippen molar-refractivity contribution in [3.05, 3.63) is 0 Å². The highest BCUT2D eigenvalue weighted by molar-refractivity contribution is 7.47. The van der Waals surface area contributed by atoms with Crippen molar-refractivity contribution in [2.45, 2.75) is 451 Å². The van der Waals surface area contributed by atoms with Crippen molar-refractivity contribution < 1.29 is 80.2 Å². The van der Waals surface area contributed by atoms with Gasteiger partial charge in [0.1, 0.15) is 19.3 Å². The maximum atomic E-state index is 13.1. The summed E-state index contributed by atoms with van der Waals surface area (Å²) in [4.78, 5) is 73.0. The molecule has 0 bridgehead atoms. The number of unbranched alkanes of at least 4 members (excludes halogenated alkanes) is 55. The lowest BCUT2D eigenvalue weighted by Gasteiger charge is -2.21. The van der Waals surface area contributed by atoms with Gasteiger partial charge in [0.25, 0.3) is 0 Å². The summed E-state index contributed by atoms with van der Waals surface area (Å²) in [5, 5.41) is 10.6. The molecule has 0 fully saturated rings. The van der Waals surface area contributed by atoms with Crippen LogP contribution < -0.4 is 0 Å². The molecule has 5 atom stereocenters. The Kier molecular flexibility index (Phi) is 72.9. The topological polar surface area (TPSA) is 237 Å². The molecular formula is C80H156O17P2. The van der Waals surface area contributed by atoms with Crippen molar-refractivity contribution in [1.82, 2.24) is 0 Å². The van der Waals surface area contributed by atoms with Gasteiger partial charge in [-0.25, -0.2) is 9.13 Å². The molecule has 0 aliphatic heterocycles. The third-order valence-corrected chi connectivity index (χ3v) is 20.8. The number of esters is 4. The van der Waals surface area contributed by atoms with Gasteiger partial charge >= 0.3 is 39.5 Å². The first-order chi connectivity index (χ1) is 48.2. The zero-order valence-corrected chi connectivity index (χ0v) is 66.3. The Hall–Kier alpha value is -1.94. The molecule has 0 radical (unpaired) electrons. The van der Waals surface area contributed by atoms with Crippen LogP contribution in [0.4, 0.5) is 0 Å². The summed E-state index contributed by atoms with van der Waals surface area (Å²) in [6.45, 7) is 5.04. The molecule has 0 aliphatic carbocycles. The van der Waals surface area contributed by atoms with Gasteiger partial charge < -0.3 is 33.8 Å². The molecule has 0 aliphatic rings. The Morgan fingerprint density at radius 3 is 0.596 bits per heavy atom. The van der Waals surface area contributed by atoms with E-state index in [0.717, 1.165) is 89.9 Å². The van der Waals surface area contributed by atoms with Gasteiger partial charge in [-0.1, -0.05) is 381 Å². The third-order valence-electron chi connectivity index (χ3n) is 18.9. The Bertz CT molecular complexity index is 1880. The summed E-state index contributed by atoms with van der Waals surface area (Å²) < 4.78 is 68.7. The van der Waals surface area contributed by atoms with Crippen LogP contribution in [0.2, 0.25) is 0 Å². The van der Waals surface area contributed by atoms with Crippen LogP contribution >= 0.6 is 15.6 Å². The first kappa shape index (κ1) is 97.1. The molecular weight excluding hydrogens is 1290 g/mol. The van der Waals surface area contributed by atoms with E-state index in [4.69, 9.17) is 37.0 Å². The van der Waals surface area contributed by atoms with Crippen LogP contribution in [0, 0.1) is 0 Å². The Morgan fingerprint density at radius 2 is 0.404 bits per heavy atom. The van der Waals surface area contributed by atoms with E-state index in [0.29, 0.717) is 25.7 Å². The number of carbonyl (C=O) groups excluding carboxylic acids is 4. The van der Waals surface area contributed by atoms with Gasteiger partial charge in [0, 0.05) is 25.7 Å². The second-order valence-corrected chi connectivity index (χ2v) is 31.7. The molecule has 17 nitrogen and oxygen atoms in total. The predicted molar refractivity (Wildman–Crippen MR) is 405 cm³/mol. The lowest BCUT2D eigenvalue weighted by atomic mass is 10.0. The Balaban J connectivity index is 5.26. The fourth-order valence-electron chi connectivity index (χ4n) is 12.5. The van der Waals surface area contributed by atoms with E-state index >= 15 is 0 Å². The monoisotopic (exact) mass is 1450 g/mol. The Morgan fingerprint density at radius 1 is 0.242 bits per heavy atom. The minimum absolute atomic E-state index is 0.109. The average Bonchev–Trinajstić information content (AvgIpc) is 1.01. The van der Waals surface area contributed by atoms with Crippen molar-refractivity contribution in [1.29, 1.82) is 0 Å². The lowest BCUT2D eigenvalue weighted by molar-refractivity contribution is -0.161. The number of hydrogen-bond acceptors (Lipinski definition) is 15. The third kappa shape index (κ3) is 74.1. The van der Waals surface area contributed by atoms with Crippen LogP contribution in [0.15, 0.2) is 0 Å². The van der Waals surface area contributed by atoms with E-state index in [1.807, 2.05) is 0 Å². The average molecular weight is 1450 g/mol. The number of phosphoric acid groups is 2. The van der Waals surface area contributed by atoms with Gasteiger partial charge in [-0.15, -0.1) is 0 Å². The van der Waals surface area contributed by atoms with Crippen LogP contribution in [0.1, 0.15) is 432 Å². The number of aliphatic hydroxyl groups is 1. The summed E-state index contributed by atoms with van der Waals surface area (Å²) in [6, 6.07) is 0. The molecule has 588 valence electrons. The molecule has 0 rings (SSSR count). The summed E-state index contributed by atoms with van der Waals surface area (Å²) in [5.41, 5.74) is 0. The van der Waals surface area contributed by atoms with E-state index in [-0.39, 0.29) is 25.7 Å². The van der Waals surface area contributed by atoms with E-state index in [1.165, 1.54) is 263 Å². The number of aliphatic hydroxyl groups excluding tert-OH is 1. The zero-order valence-electron chi connectivity index (χ0n) is 64.5. The highest BCUT2D eigenvalue weighted by Crippen LogP contribution is 2.45. The number of ether oxygens (including phenoxy) is 4. The fourth-order valence-corrected chi connectivity index (χ4v) is 14.0. The van der Waals surface area contributed by atoms with Gasteiger partial charge in [-0.2, -0.15) is 0 Å². The summed E-state index contributed by atoms with van der Waals surface area (Å²) >= 11 is 0. The van der Waals surface area contributed by atoms with Gasteiger partial charge in [-0.05, 0) is 25.7 Å². The number of hydrogen-bond donors (Lipinski definition) is 3. The van der Waals surface area contributed by atoms with Crippen molar-refractivity contribution >= 4 is 39.5 Å². The minimum Gasteiger partial charge on any atom is -0.462 e. The summed E-state index contributed by atoms with van der Waals surface area (Å²) in [5.74, 6) is -2.10. The fraction of sp³-hybridized carbons (Fsp3) is 0.950. The molecule has 0 aromatic carbocycles. The predicted octanol–water partition coefficient (Wildman–Crippen LogP) is 24.2. The number of rotatable bonds is 81. The van der Waals surface area contributed by atoms with Crippen LogP contribution in [0.25, 0.3) is 0 Å². The maximum Gasteiger partial charge on any atom is 0.472 e. The van der Waals surface area contributed by atoms with Crippen LogP contribution in [0.5, 0.6) is 0 Å². The van der Waals surface area contributed by atoms with Gasteiger partial charge in [0.15, 0.2) is 12.2 Å². The number of phosphoric ester groups is 2. The van der Waals surface area contributed by atoms with Gasteiger partial charge in [0.05, 0.1) is 26.4 Å². The second kappa shape index (κ2) is 74.3. The molecule has 0 saturated heterocycles. The molecule has 3 N–H and O–H groups in total. The first-order valence-corrected chi connectivity index (χ1v) is 44.8. The van der Waals surface area contributed by atoms with Crippen molar-refractivity contribution in [3.8, 4) is 0 Å². The van der Waals surface area contributed by atoms with E-state index in [2.05, 4.69) is 27.7 Å². The molecule has 0 aromatic heterocycles. The molecule has 0 amide bonds. The quantitative estimate of drug-likeness (QED) is 0.0222. The van der Waals surface area contributed by atoms with Crippen LogP contribution in [-0.2, 0) is 65.4 Å². The first-order valence-electron chi connectivity index (χ1n) is 41.8. The van der Waals surface area contributed by atoms with Crippen LogP contribution in [-0.4, -0.2) is 96.7 Å². The normalized spacial score (nSPS) is 13.8. The van der Waals surface area contributed by atoms with Crippen LogP contribution in [0.3, 0.4) is 0 Å². The molecule has 0 aromatic rings. The second-order valence-electron chi connectivity index (χ2n) is 28.8. The highest BCUT2D eigenvalue weighted by atomic mass is 31.2. The maximum absolute atomic E-state index is 13.1. The molecule has 99 heavy (non-hydrogen) atoms.